The normalized spacial score (nSPS) is 33.8. The number of rotatable bonds is 3. The number of alkyl halides is 1. The van der Waals surface area contributed by atoms with E-state index in [1.54, 1.807) is 7.11 Å². The van der Waals surface area contributed by atoms with Gasteiger partial charge in [-0.15, -0.1) is 0 Å². The smallest absolute Gasteiger partial charge is 0.153 e. The Morgan fingerprint density at radius 3 is 2.67 bits per heavy atom. The van der Waals surface area contributed by atoms with Crippen LogP contribution in [-0.4, -0.2) is 38.5 Å². The Hall–Kier alpha value is 0.390. The molecule has 2 unspecified atom stereocenters. The van der Waals surface area contributed by atoms with E-state index in [0.29, 0.717) is 0 Å². The third-order valence-corrected chi connectivity index (χ3v) is 4.42. The minimum atomic E-state index is -2.82. The molecule has 0 aromatic heterocycles. The summed E-state index contributed by atoms with van der Waals surface area (Å²) in [5.74, 6) is 0.664. The molecule has 1 rings (SSSR count). The molecular formula is C7H13BrO3S. The van der Waals surface area contributed by atoms with E-state index in [4.69, 9.17) is 4.74 Å². The molecule has 1 heterocycles. The molecule has 72 valence electrons. The fraction of sp³-hybridized carbons (Fsp3) is 1.00. The topological polar surface area (TPSA) is 43.4 Å². The van der Waals surface area contributed by atoms with Gasteiger partial charge >= 0.3 is 0 Å². The fourth-order valence-corrected chi connectivity index (χ4v) is 4.22. The molecule has 1 saturated heterocycles. The fourth-order valence-electron chi connectivity index (χ4n) is 1.56. The highest BCUT2D eigenvalue weighted by atomic mass is 79.9. The molecule has 0 aromatic carbocycles. The van der Waals surface area contributed by atoms with Crippen LogP contribution in [0.15, 0.2) is 0 Å². The Morgan fingerprint density at radius 1 is 1.50 bits per heavy atom. The van der Waals surface area contributed by atoms with E-state index in [0.717, 1.165) is 11.8 Å². The Labute approximate surface area is 81.5 Å². The maximum absolute atomic E-state index is 11.2. The lowest BCUT2D eigenvalue weighted by Gasteiger charge is -2.14. The SMILES string of the molecule is COC1CS(=O)(=O)CC1CCBr. The maximum Gasteiger partial charge on any atom is 0.153 e. The molecule has 0 spiro atoms. The van der Waals surface area contributed by atoms with Crippen molar-refractivity contribution in [2.24, 2.45) is 5.92 Å². The van der Waals surface area contributed by atoms with Crippen LogP contribution >= 0.6 is 15.9 Å². The Bertz CT molecular complexity index is 237. The highest BCUT2D eigenvalue weighted by Gasteiger charge is 2.36. The third kappa shape index (κ3) is 2.44. The van der Waals surface area contributed by atoms with Gasteiger partial charge in [-0.25, -0.2) is 8.42 Å². The van der Waals surface area contributed by atoms with E-state index in [2.05, 4.69) is 15.9 Å². The molecule has 0 saturated carbocycles. The van der Waals surface area contributed by atoms with Gasteiger partial charge in [0.2, 0.25) is 0 Å². The molecule has 1 fully saturated rings. The number of hydrogen-bond donors (Lipinski definition) is 0. The second-order valence-electron chi connectivity index (χ2n) is 3.09. The summed E-state index contributed by atoms with van der Waals surface area (Å²) in [5, 5.41) is 0.840. The zero-order valence-electron chi connectivity index (χ0n) is 6.99. The van der Waals surface area contributed by atoms with Gasteiger partial charge in [0.05, 0.1) is 17.6 Å². The Balaban J connectivity index is 2.63. The number of ether oxygens (including phenoxy) is 1. The first-order valence-electron chi connectivity index (χ1n) is 3.88. The summed E-state index contributed by atoms with van der Waals surface area (Å²) < 4.78 is 27.5. The van der Waals surface area contributed by atoms with Gasteiger partial charge in [-0.2, -0.15) is 0 Å². The molecule has 12 heavy (non-hydrogen) atoms. The van der Waals surface area contributed by atoms with E-state index in [9.17, 15) is 8.42 Å². The monoisotopic (exact) mass is 256 g/mol. The number of sulfone groups is 1. The van der Waals surface area contributed by atoms with E-state index in [-0.39, 0.29) is 23.5 Å². The van der Waals surface area contributed by atoms with Crippen LogP contribution in [0.1, 0.15) is 6.42 Å². The van der Waals surface area contributed by atoms with Gasteiger partial charge in [-0.3, -0.25) is 0 Å². The van der Waals surface area contributed by atoms with E-state index >= 15 is 0 Å². The predicted molar refractivity (Wildman–Crippen MR) is 51.4 cm³/mol. The summed E-state index contributed by atoms with van der Waals surface area (Å²) >= 11 is 3.30. The van der Waals surface area contributed by atoms with Gasteiger partial charge in [0.15, 0.2) is 9.84 Å². The lowest BCUT2D eigenvalue weighted by Crippen LogP contribution is -2.20. The van der Waals surface area contributed by atoms with Crippen LogP contribution in [0.3, 0.4) is 0 Å². The summed E-state index contributed by atoms with van der Waals surface area (Å²) in [6.45, 7) is 0. The van der Waals surface area contributed by atoms with Gasteiger partial charge in [-0.05, 0) is 6.42 Å². The van der Waals surface area contributed by atoms with Crippen LogP contribution in [0.25, 0.3) is 0 Å². The van der Waals surface area contributed by atoms with Crippen LogP contribution in [0.4, 0.5) is 0 Å². The molecular weight excluding hydrogens is 244 g/mol. The second kappa shape index (κ2) is 4.07. The average molecular weight is 257 g/mol. The summed E-state index contributed by atoms with van der Waals surface area (Å²) in [6, 6.07) is 0. The lowest BCUT2D eigenvalue weighted by molar-refractivity contribution is 0.0843. The Morgan fingerprint density at radius 2 is 2.17 bits per heavy atom. The van der Waals surface area contributed by atoms with Gasteiger partial charge in [-0.1, -0.05) is 15.9 Å². The first-order valence-corrected chi connectivity index (χ1v) is 6.82. The van der Waals surface area contributed by atoms with Crippen molar-refractivity contribution in [1.82, 2.24) is 0 Å². The van der Waals surface area contributed by atoms with Crippen LogP contribution in [-0.2, 0) is 14.6 Å². The molecule has 2 atom stereocenters. The van der Waals surface area contributed by atoms with E-state index in [1.165, 1.54) is 0 Å². The maximum atomic E-state index is 11.2. The highest BCUT2D eigenvalue weighted by molar-refractivity contribution is 9.09. The van der Waals surface area contributed by atoms with Crippen molar-refractivity contribution in [1.29, 1.82) is 0 Å². The molecule has 3 nitrogen and oxygen atoms in total. The van der Waals surface area contributed by atoms with Crippen molar-refractivity contribution in [3.63, 3.8) is 0 Å². The van der Waals surface area contributed by atoms with Crippen molar-refractivity contribution < 1.29 is 13.2 Å². The van der Waals surface area contributed by atoms with Gasteiger partial charge in [0, 0.05) is 18.4 Å². The largest absolute Gasteiger partial charge is 0.380 e. The van der Waals surface area contributed by atoms with Gasteiger partial charge in [0.25, 0.3) is 0 Å². The zero-order chi connectivity index (χ0) is 9.19. The zero-order valence-corrected chi connectivity index (χ0v) is 9.40. The molecule has 1 aliphatic rings. The highest BCUT2D eigenvalue weighted by Crippen LogP contribution is 2.24. The predicted octanol–water partition coefficient (Wildman–Crippen LogP) is 0.831. The van der Waals surface area contributed by atoms with Crippen LogP contribution in [0.2, 0.25) is 0 Å². The lowest BCUT2D eigenvalue weighted by atomic mass is 10.0. The van der Waals surface area contributed by atoms with Crippen LogP contribution in [0, 0.1) is 5.92 Å². The van der Waals surface area contributed by atoms with Gasteiger partial charge in [0.1, 0.15) is 0 Å². The van der Waals surface area contributed by atoms with Crippen LogP contribution in [0.5, 0.6) is 0 Å². The van der Waals surface area contributed by atoms with E-state index in [1.807, 2.05) is 0 Å². The standard InChI is InChI=1S/C7H13BrO3S/c1-11-7-5-12(9,10)4-6(7)2-3-8/h6-7H,2-5H2,1H3. The summed E-state index contributed by atoms with van der Waals surface area (Å²) in [4.78, 5) is 0. The van der Waals surface area contributed by atoms with Crippen molar-refractivity contribution in [3.05, 3.63) is 0 Å². The molecule has 5 heteroatoms. The minimum absolute atomic E-state index is 0.0902. The van der Waals surface area contributed by atoms with Crippen molar-refractivity contribution in [2.75, 3.05) is 23.9 Å². The summed E-state index contributed by atoms with van der Waals surface area (Å²) in [5.41, 5.74) is 0. The van der Waals surface area contributed by atoms with Crippen molar-refractivity contribution in [3.8, 4) is 0 Å². The van der Waals surface area contributed by atoms with E-state index < -0.39 is 9.84 Å². The minimum Gasteiger partial charge on any atom is -0.380 e. The molecule has 0 amide bonds. The molecule has 0 bridgehead atoms. The summed E-state index contributed by atoms with van der Waals surface area (Å²) in [6.07, 6.45) is 0.783. The quantitative estimate of drug-likeness (QED) is 0.703. The molecule has 0 radical (unpaired) electrons. The molecule has 0 aromatic rings. The third-order valence-electron chi connectivity index (χ3n) is 2.19. The molecule has 1 aliphatic heterocycles. The molecule has 0 N–H and O–H groups in total. The first kappa shape index (κ1) is 10.5. The Kier molecular flexibility index (Phi) is 3.55. The number of halogens is 1. The summed E-state index contributed by atoms with van der Waals surface area (Å²) in [7, 11) is -1.25. The second-order valence-corrected chi connectivity index (χ2v) is 6.04. The molecule has 0 aliphatic carbocycles. The van der Waals surface area contributed by atoms with Crippen LogP contribution < -0.4 is 0 Å². The van der Waals surface area contributed by atoms with Crippen molar-refractivity contribution >= 4 is 25.8 Å². The van der Waals surface area contributed by atoms with Gasteiger partial charge < -0.3 is 4.74 Å². The number of hydrogen-bond acceptors (Lipinski definition) is 3. The number of methoxy groups -OCH3 is 1. The average Bonchev–Trinajstić information content (AvgIpc) is 2.26. The van der Waals surface area contributed by atoms with Crippen molar-refractivity contribution in [2.45, 2.75) is 12.5 Å². The first-order chi connectivity index (χ1) is 5.59.